The zero-order chi connectivity index (χ0) is 21.8. The molecule has 4 rings (SSSR count). The van der Waals surface area contributed by atoms with Gasteiger partial charge in [0.05, 0.1) is 32.1 Å². The number of methoxy groups -OCH3 is 2. The van der Waals surface area contributed by atoms with Crippen molar-refractivity contribution in [2.24, 2.45) is 0 Å². The molecule has 0 saturated carbocycles. The average Bonchev–Trinajstić information content (AvgIpc) is 3.43. The number of carbonyl (C=O) groups excluding carboxylic acids is 2. The molecule has 9 nitrogen and oxygen atoms in total. The lowest BCUT2D eigenvalue weighted by molar-refractivity contribution is -0.124. The predicted molar refractivity (Wildman–Crippen MR) is 117 cm³/mol. The van der Waals surface area contributed by atoms with Gasteiger partial charge in [0.25, 0.3) is 5.91 Å². The molecule has 3 heterocycles. The first-order valence-electron chi connectivity index (χ1n) is 10.2. The van der Waals surface area contributed by atoms with Crippen LogP contribution in [0.4, 0.5) is 10.8 Å². The third kappa shape index (κ3) is 5.15. The van der Waals surface area contributed by atoms with E-state index >= 15 is 0 Å². The largest absolute Gasteiger partial charge is 0.497 e. The first kappa shape index (κ1) is 21.5. The Kier molecular flexibility index (Phi) is 6.69. The van der Waals surface area contributed by atoms with E-state index in [9.17, 15) is 9.59 Å². The Bertz CT molecular complexity index is 957. The number of amides is 2. The molecule has 1 aromatic carbocycles. The Morgan fingerprint density at radius 2 is 2.16 bits per heavy atom. The van der Waals surface area contributed by atoms with Crippen molar-refractivity contribution in [1.29, 1.82) is 0 Å². The first-order chi connectivity index (χ1) is 15.1. The number of hydrogen-bond acceptors (Lipinski definition) is 8. The van der Waals surface area contributed by atoms with Gasteiger partial charge in [-0.2, -0.15) is 0 Å². The number of benzene rings is 1. The van der Waals surface area contributed by atoms with Crippen LogP contribution in [0.2, 0.25) is 0 Å². The number of ether oxygens (including phenoxy) is 3. The third-order valence-corrected chi connectivity index (χ3v) is 6.31. The average molecular weight is 447 g/mol. The van der Waals surface area contributed by atoms with Gasteiger partial charge in [-0.25, -0.2) is 4.98 Å². The van der Waals surface area contributed by atoms with Crippen LogP contribution in [0.1, 0.15) is 23.4 Å². The van der Waals surface area contributed by atoms with Crippen LogP contribution in [0.15, 0.2) is 18.2 Å². The normalized spacial score (nSPS) is 18.3. The fourth-order valence-corrected chi connectivity index (χ4v) is 4.77. The summed E-state index contributed by atoms with van der Waals surface area (Å²) in [5.74, 6) is 0.948. The second-order valence-corrected chi connectivity index (χ2v) is 8.54. The second kappa shape index (κ2) is 9.63. The van der Waals surface area contributed by atoms with Crippen molar-refractivity contribution in [2.45, 2.75) is 31.9 Å². The van der Waals surface area contributed by atoms with Crippen LogP contribution >= 0.6 is 11.3 Å². The van der Waals surface area contributed by atoms with Crippen molar-refractivity contribution < 1.29 is 23.8 Å². The third-order valence-electron chi connectivity index (χ3n) is 5.31. The van der Waals surface area contributed by atoms with E-state index in [1.807, 2.05) is 0 Å². The Morgan fingerprint density at radius 3 is 2.90 bits per heavy atom. The van der Waals surface area contributed by atoms with Crippen molar-refractivity contribution >= 4 is 34.0 Å². The van der Waals surface area contributed by atoms with Crippen LogP contribution in [-0.4, -0.2) is 61.7 Å². The highest BCUT2D eigenvalue weighted by Gasteiger charge is 2.27. The molecular formula is C21H26N4O5S. The molecule has 1 fully saturated rings. The number of anilines is 2. The standard InChI is InChI=1S/C21H26N4O5S/c1-28-13-5-6-16(29-2)15(10-13)22-19(26)12-25-8-7-14-18(11-25)31-21(23-14)24-20(27)17-4-3-9-30-17/h5-6,10,17H,3-4,7-9,11-12H2,1-2H3,(H,22,26)(H,23,24,27). The summed E-state index contributed by atoms with van der Waals surface area (Å²) < 4.78 is 16.0. The van der Waals surface area contributed by atoms with Crippen LogP contribution in [0.5, 0.6) is 11.5 Å². The molecule has 0 radical (unpaired) electrons. The van der Waals surface area contributed by atoms with Crippen LogP contribution in [0.25, 0.3) is 0 Å². The van der Waals surface area contributed by atoms with Crippen molar-refractivity contribution in [1.82, 2.24) is 9.88 Å². The van der Waals surface area contributed by atoms with Gasteiger partial charge in [-0.05, 0) is 25.0 Å². The van der Waals surface area contributed by atoms with Crippen molar-refractivity contribution in [2.75, 3.05) is 44.5 Å². The summed E-state index contributed by atoms with van der Waals surface area (Å²) in [4.78, 5) is 32.6. The number of fused-ring (bicyclic) bond motifs is 1. The second-order valence-electron chi connectivity index (χ2n) is 7.45. The summed E-state index contributed by atoms with van der Waals surface area (Å²) >= 11 is 1.46. The van der Waals surface area contributed by atoms with Crippen LogP contribution in [0, 0.1) is 0 Å². The van der Waals surface area contributed by atoms with Crippen molar-refractivity contribution in [3.05, 3.63) is 28.8 Å². The Balaban J connectivity index is 1.34. The smallest absolute Gasteiger partial charge is 0.255 e. The lowest BCUT2D eigenvalue weighted by atomic mass is 10.2. The van der Waals surface area contributed by atoms with E-state index in [0.717, 1.165) is 36.4 Å². The molecule has 1 saturated heterocycles. The van der Waals surface area contributed by atoms with E-state index in [1.54, 1.807) is 32.4 Å². The minimum absolute atomic E-state index is 0.132. The molecule has 0 bridgehead atoms. The SMILES string of the molecule is COc1ccc(OC)c(NC(=O)CN2CCc3nc(NC(=O)C4CCCO4)sc3C2)c1. The van der Waals surface area contributed by atoms with Gasteiger partial charge in [-0.1, -0.05) is 0 Å². The van der Waals surface area contributed by atoms with E-state index in [0.29, 0.717) is 35.5 Å². The summed E-state index contributed by atoms with van der Waals surface area (Å²) in [5, 5.41) is 6.37. The van der Waals surface area contributed by atoms with Gasteiger partial charge in [0, 0.05) is 37.1 Å². The fourth-order valence-electron chi connectivity index (χ4n) is 3.71. The number of aromatic nitrogens is 1. The monoisotopic (exact) mass is 446 g/mol. The highest BCUT2D eigenvalue weighted by atomic mass is 32.1. The zero-order valence-corrected chi connectivity index (χ0v) is 18.4. The summed E-state index contributed by atoms with van der Waals surface area (Å²) in [6.45, 7) is 2.21. The molecule has 166 valence electrons. The number of carbonyl (C=O) groups is 2. The van der Waals surface area contributed by atoms with Gasteiger partial charge in [-0.3, -0.25) is 19.8 Å². The summed E-state index contributed by atoms with van der Waals surface area (Å²) in [7, 11) is 3.13. The number of nitrogens with one attached hydrogen (secondary N) is 2. The summed E-state index contributed by atoms with van der Waals surface area (Å²) in [5.41, 5.74) is 1.56. The molecule has 2 aliphatic rings. The minimum atomic E-state index is -0.380. The molecule has 10 heteroatoms. The molecular weight excluding hydrogens is 420 g/mol. The molecule has 1 unspecified atom stereocenters. The van der Waals surface area contributed by atoms with Crippen LogP contribution < -0.4 is 20.1 Å². The van der Waals surface area contributed by atoms with E-state index in [2.05, 4.69) is 20.5 Å². The van der Waals surface area contributed by atoms with E-state index in [1.165, 1.54) is 11.3 Å². The van der Waals surface area contributed by atoms with Crippen molar-refractivity contribution in [3.8, 4) is 11.5 Å². The van der Waals surface area contributed by atoms with Gasteiger partial charge in [0.2, 0.25) is 5.91 Å². The number of hydrogen-bond donors (Lipinski definition) is 2. The molecule has 2 N–H and O–H groups in total. The van der Waals surface area contributed by atoms with E-state index in [-0.39, 0.29) is 24.5 Å². The number of rotatable bonds is 7. The summed E-state index contributed by atoms with van der Waals surface area (Å²) in [6, 6.07) is 5.27. The molecule has 31 heavy (non-hydrogen) atoms. The first-order valence-corrected chi connectivity index (χ1v) is 11.0. The molecule has 2 amide bonds. The molecule has 2 aromatic rings. The molecule has 2 aliphatic heterocycles. The van der Waals surface area contributed by atoms with Gasteiger partial charge in [0.1, 0.15) is 17.6 Å². The van der Waals surface area contributed by atoms with Gasteiger partial charge >= 0.3 is 0 Å². The highest BCUT2D eigenvalue weighted by Crippen LogP contribution is 2.30. The topological polar surface area (TPSA) is 102 Å². The lowest BCUT2D eigenvalue weighted by Crippen LogP contribution is -2.36. The van der Waals surface area contributed by atoms with Gasteiger partial charge in [-0.15, -0.1) is 11.3 Å². The Morgan fingerprint density at radius 1 is 1.29 bits per heavy atom. The maximum absolute atomic E-state index is 12.6. The van der Waals surface area contributed by atoms with Gasteiger partial charge < -0.3 is 19.5 Å². The quantitative estimate of drug-likeness (QED) is 0.673. The Hall–Kier alpha value is -2.69. The number of thiazole rings is 1. The van der Waals surface area contributed by atoms with Crippen LogP contribution in [-0.2, 0) is 27.3 Å². The minimum Gasteiger partial charge on any atom is -0.497 e. The zero-order valence-electron chi connectivity index (χ0n) is 17.6. The molecule has 1 atom stereocenters. The lowest BCUT2D eigenvalue weighted by Gasteiger charge is -2.25. The Labute approximate surface area is 184 Å². The highest BCUT2D eigenvalue weighted by molar-refractivity contribution is 7.15. The summed E-state index contributed by atoms with van der Waals surface area (Å²) in [6.07, 6.45) is 2.01. The van der Waals surface area contributed by atoms with Crippen LogP contribution in [0.3, 0.4) is 0 Å². The van der Waals surface area contributed by atoms with E-state index in [4.69, 9.17) is 14.2 Å². The maximum atomic E-state index is 12.6. The van der Waals surface area contributed by atoms with Crippen molar-refractivity contribution in [3.63, 3.8) is 0 Å². The molecule has 0 spiro atoms. The molecule has 1 aromatic heterocycles. The predicted octanol–water partition coefficient (Wildman–Crippen LogP) is 2.27. The maximum Gasteiger partial charge on any atom is 0.255 e. The molecule has 0 aliphatic carbocycles. The van der Waals surface area contributed by atoms with Gasteiger partial charge in [0.15, 0.2) is 5.13 Å². The van der Waals surface area contributed by atoms with E-state index < -0.39 is 0 Å². The fraction of sp³-hybridized carbons (Fsp3) is 0.476. The number of nitrogens with zero attached hydrogens (tertiary/aromatic N) is 2.